The van der Waals surface area contributed by atoms with Crippen molar-refractivity contribution in [1.82, 2.24) is 5.32 Å². The van der Waals surface area contributed by atoms with Crippen molar-refractivity contribution in [3.05, 3.63) is 42.0 Å². The summed E-state index contributed by atoms with van der Waals surface area (Å²) >= 11 is 0. The standard InChI is InChI=1S/C20H23NO5/c1-20(2)11-26-17-9-14(12-5-7-13(24-3)8-6-12)16(25-4)10-15(17)18(20)21-19(22)23/h5-10,18,21H,11H2,1-4H3,(H,22,23). The average Bonchev–Trinajstić information content (AvgIpc) is 2.63. The van der Waals surface area contributed by atoms with E-state index in [9.17, 15) is 9.90 Å². The summed E-state index contributed by atoms with van der Waals surface area (Å²) in [5.74, 6) is 2.09. The topological polar surface area (TPSA) is 77.0 Å². The third kappa shape index (κ3) is 3.27. The molecule has 2 N–H and O–H groups in total. The Morgan fingerprint density at radius 2 is 1.88 bits per heavy atom. The summed E-state index contributed by atoms with van der Waals surface area (Å²) in [5.41, 5.74) is 2.24. The second-order valence-corrected chi connectivity index (χ2v) is 6.98. The predicted octanol–water partition coefficient (Wildman–Crippen LogP) is 4.10. The van der Waals surface area contributed by atoms with Crippen LogP contribution in [0.15, 0.2) is 36.4 Å². The molecule has 0 aromatic heterocycles. The molecule has 138 valence electrons. The lowest BCUT2D eigenvalue weighted by atomic mass is 9.78. The zero-order chi connectivity index (χ0) is 18.9. The van der Waals surface area contributed by atoms with Crippen LogP contribution < -0.4 is 19.5 Å². The van der Waals surface area contributed by atoms with Crippen molar-refractivity contribution >= 4 is 6.09 Å². The first-order valence-electron chi connectivity index (χ1n) is 8.34. The summed E-state index contributed by atoms with van der Waals surface area (Å²) in [6.45, 7) is 4.36. The number of fused-ring (bicyclic) bond motifs is 1. The van der Waals surface area contributed by atoms with Crippen molar-refractivity contribution in [3.63, 3.8) is 0 Å². The molecule has 1 amide bonds. The molecule has 0 spiro atoms. The molecule has 2 aromatic rings. The van der Waals surface area contributed by atoms with E-state index in [-0.39, 0.29) is 11.5 Å². The van der Waals surface area contributed by atoms with Gasteiger partial charge in [-0.3, -0.25) is 0 Å². The Labute approximate surface area is 152 Å². The zero-order valence-corrected chi connectivity index (χ0v) is 15.3. The summed E-state index contributed by atoms with van der Waals surface area (Å²) in [6.07, 6.45) is -1.06. The Kier molecular flexibility index (Phi) is 4.68. The van der Waals surface area contributed by atoms with Crippen LogP contribution in [0, 0.1) is 5.41 Å². The van der Waals surface area contributed by atoms with Crippen LogP contribution in [0.3, 0.4) is 0 Å². The normalized spacial score (nSPS) is 17.6. The Bertz CT molecular complexity index is 814. The average molecular weight is 357 g/mol. The Hall–Kier alpha value is -2.89. The first kappa shape index (κ1) is 17.9. The number of ether oxygens (including phenoxy) is 3. The van der Waals surface area contributed by atoms with Crippen molar-refractivity contribution < 1.29 is 24.1 Å². The molecule has 0 bridgehead atoms. The van der Waals surface area contributed by atoms with Crippen molar-refractivity contribution in [3.8, 4) is 28.4 Å². The van der Waals surface area contributed by atoms with Gasteiger partial charge in [-0.1, -0.05) is 26.0 Å². The molecule has 1 aliphatic rings. The monoisotopic (exact) mass is 357 g/mol. The molecule has 1 atom stereocenters. The van der Waals surface area contributed by atoms with E-state index in [0.717, 1.165) is 22.4 Å². The summed E-state index contributed by atoms with van der Waals surface area (Å²) < 4.78 is 16.7. The van der Waals surface area contributed by atoms with Gasteiger partial charge in [-0.05, 0) is 29.8 Å². The van der Waals surface area contributed by atoms with E-state index in [4.69, 9.17) is 14.2 Å². The fraction of sp³-hybridized carbons (Fsp3) is 0.350. The van der Waals surface area contributed by atoms with Gasteiger partial charge in [0.15, 0.2) is 0 Å². The molecule has 1 heterocycles. The first-order chi connectivity index (χ1) is 12.4. The summed E-state index contributed by atoms with van der Waals surface area (Å²) in [6, 6.07) is 11.0. The van der Waals surface area contributed by atoms with Crippen molar-refractivity contribution in [2.75, 3.05) is 20.8 Å². The Morgan fingerprint density at radius 3 is 2.46 bits per heavy atom. The van der Waals surface area contributed by atoms with Crippen LogP contribution in [-0.4, -0.2) is 32.0 Å². The molecule has 0 saturated heterocycles. The van der Waals surface area contributed by atoms with Crippen LogP contribution in [0.1, 0.15) is 25.5 Å². The highest BCUT2D eigenvalue weighted by atomic mass is 16.5. The number of hydrogen-bond donors (Lipinski definition) is 2. The van der Waals surface area contributed by atoms with Gasteiger partial charge in [0.05, 0.1) is 26.9 Å². The largest absolute Gasteiger partial charge is 0.497 e. The van der Waals surface area contributed by atoms with Crippen LogP contribution in [-0.2, 0) is 0 Å². The molecule has 2 aromatic carbocycles. The number of amides is 1. The number of methoxy groups -OCH3 is 2. The third-order valence-electron chi connectivity index (χ3n) is 4.69. The number of rotatable bonds is 4. The zero-order valence-electron chi connectivity index (χ0n) is 15.3. The van der Waals surface area contributed by atoms with Gasteiger partial charge in [0.25, 0.3) is 0 Å². The van der Waals surface area contributed by atoms with Crippen LogP contribution in [0.25, 0.3) is 11.1 Å². The highest BCUT2D eigenvalue weighted by molar-refractivity contribution is 5.74. The maximum absolute atomic E-state index is 11.3. The molecule has 6 heteroatoms. The minimum atomic E-state index is -1.06. The van der Waals surface area contributed by atoms with E-state index >= 15 is 0 Å². The Morgan fingerprint density at radius 1 is 1.19 bits per heavy atom. The summed E-state index contributed by atoms with van der Waals surface area (Å²) in [7, 11) is 3.23. The number of carboxylic acid groups (broad SMARTS) is 1. The number of benzene rings is 2. The Balaban J connectivity index is 2.09. The lowest BCUT2D eigenvalue weighted by molar-refractivity contribution is 0.0993. The fourth-order valence-corrected chi connectivity index (χ4v) is 3.26. The lowest BCUT2D eigenvalue weighted by Gasteiger charge is -2.39. The van der Waals surface area contributed by atoms with Crippen molar-refractivity contribution in [2.45, 2.75) is 19.9 Å². The molecule has 0 fully saturated rings. The number of hydrogen-bond acceptors (Lipinski definition) is 4. The van der Waals surface area contributed by atoms with Crippen molar-refractivity contribution in [1.29, 1.82) is 0 Å². The van der Waals surface area contributed by atoms with Gasteiger partial charge in [0, 0.05) is 16.5 Å². The van der Waals surface area contributed by atoms with Crippen LogP contribution in [0.5, 0.6) is 17.2 Å². The van der Waals surface area contributed by atoms with Gasteiger partial charge in [0.1, 0.15) is 17.2 Å². The summed E-state index contributed by atoms with van der Waals surface area (Å²) in [5, 5.41) is 11.9. The molecular formula is C20H23NO5. The first-order valence-corrected chi connectivity index (χ1v) is 8.34. The van der Waals surface area contributed by atoms with E-state index in [1.165, 1.54) is 0 Å². The molecule has 0 saturated carbocycles. The molecule has 6 nitrogen and oxygen atoms in total. The van der Waals surface area contributed by atoms with Gasteiger partial charge in [-0.25, -0.2) is 4.79 Å². The fourth-order valence-electron chi connectivity index (χ4n) is 3.26. The van der Waals surface area contributed by atoms with Crippen LogP contribution >= 0.6 is 0 Å². The second-order valence-electron chi connectivity index (χ2n) is 6.98. The second kappa shape index (κ2) is 6.78. The van der Waals surface area contributed by atoms with Crippen LogP contribution in [0.4, 0.5) is 4.79 Å². The third-order valence-corrected chi connectivity index (χ3v) is 4.69. The van der Waals surface area contributed by atoms with E-state index in [0.29, 0.717) is 18.1 Å². The van der Waals surface area contributed by atoms with E-state index in [1.807, 2.05) is 50.2 Å². The molecule has 0 radical (unpaired) electrons. The predicted molar refractivity (Wildman–Crippen MR) is 98.2 cm³/mol. The lowest BCUT2D eigenvalue weighted by Crippen LogP contribution is -2.43. The van der Waals surface area contributed by atoms with Crippen molar-refractivity contribution in [2.24, 2.45) is 5.41 Å². The molecule has 26 heavy (non-hydrogen) atoms. The number of nitrogens with one attached hydrogen (secondary N) is 1. The van der Waals surface area contributed by atoms with E-state index in [1.54, 1.807) is 14.2 Å². The molecular weight excluding hydrogens is 334 g/mol. The quantitative estimate of drug-likeness (QED) is 0.861. The van der Waals surface area contributed by atoms with Gasteiger partial charge >= 0.3 is 6.09 Å². The SMILES string of the molecule is COc1ccc(-c2cc3c(cc2OC)C(NC(=O)O)C(C)(C)CO3)cc1. The maximum atomic E-state index is 11.3. The van der Waals surface area contributed by atoms with E-state index in [2.05, 4.69) is 5.32 Å². The molecule has 0 aliphatic carbocycles. The summed E-state index contributed by atoms with van der Waals surface area (Å²) in [4.78, 5) is 11.3. The minimum absolute atomic E-state index is 0.377. The van der Waals surface area contributed by atoms with Crippen LogP contribution in [0.2, 0.25) is 0 Å². The van der Waals surface area contributed by atoms with Gasteiger partial charge in [-0.15, -0.1) is 0 Å². The highest BCUT2D eigenvalue weighted by Gasteiger charge is 2.39. The molecule has 3 rings (SSSR count). The van der Waals surface area contributed by atoms with Gasteiger partial charge in [-0.2, -0.15) is 0 Å². The smallest absolute Gasteiger partial charge is 0.405 e. The maximum Gasteiger partial charge on any atom is 0.405 e. The minimum Gasteiger partial charge on any atom is -0.497 e. The molecule has 1 aliphatic heterocycles. The van der Waals surface area contributed by atoms with Gasteiger partial charge < -0.3 is 24.6 Å². The van der Waals surface area contributed by atoms with Gasteiger partial charge in [0.2, 0.25) is 0 Å². The number of carbonyl (C=O) groups is 1. The highest BCUT2D eigenvalue weighted by Crippen LogP contribution is 2.47. The van der Waals surface area contributed by atoms with E-state index < -0.39 is 6.09 Å². The molecule has 1 unspecified atom stereocenters.